The van der Waals surface area contributed by atoms with E-state index in [9.17, 15) is 18.8 Å². The molecule has 0 saturated carbocycles. The second-order valence-corrected chi connectivity index (χ2v) is 6.88. The second kappa shape index (κ2) is 8.82. The molecule has 7 heteroatoms. The van der Waals surface area contributed by atoms with Crippen LogP contribution in [0.4, 0.5) is 4.39 Å². The first-order chi connectivity index (χ1) is 14.2. The highest BCUT2D eigenvalue weighted by molar-refractivity contribution is 6.19. The van der Waals surface area contributed by atoms with E-state index in [0.29, 0.717) is 28.3 Å². The third kappa shape index (κ3) is 4.86. The summed E-state index contributed by atoms with van der Waals surface area (Å²) < 4.78 is 24.5. The fourth-order valence-corrected chi connectivity index (χ4v) is 3.03. The number of rotatable bonds is 8. The van der Waals surface area contributed by atoms with Gasteiger partial charge in [-0.2, -0.15) is 0 Å². The zero-order valence-electron chi connectivity index (χ0n) is 16.7. The fourth-order valence-electron chi connectivity index (χ4n) is 3.03. The molecule has 3 aromatic rings. The van der Waals surface area contributed by atoms with Crippen molar-refractivity contribution in [2.45, 2.75) is 26.9 Å². The van der Waals surface area contributed by atoms with Gasteiger partial charge in [-0.1, -0.05) is 0 Å². The van der Waals surface area contributed by atoms with Crippen molar-refractivity contribution in [3.05, 3.63) is 60.4 Å². The molecule has 6 nitrogen and oxygen atoms in total. The summed E-state index contributed by atoms with van der Waals surface area (Å²) in [5.74, 6) is -2.01. The Kier molecular flexibility index (Phi) is 6.20. The summed E-state index contributed by atoms with van der Waals surface area (Å²) >= 11 is 0. The Morgan fingerprint density at radius 2 is 1.53 bits per heavy atom. The third-order valence-corrected chi connectivity index (χ3v) is 4.48. The van der Waals surface area contributed by atoms with E-state index < -0.39 is 29.4 Å². The highest BCUT2D eigenvalue weighted by Crippen LogP contribution is 2.25. The molecule has 30 heavy (non-hydrogen) atoms. The summed E-state index contributed by atoms with van der Waals surface area (Å²) in [6, 6.07) is 14.1. The molecular weight excluding hydrogens is 389 g/mol. The Morgan fingerprint density at radius 1 is 0.900 bits per heavy atom. The molecule has 0 aliphatic carbocycles. The summed E-state index contributed by atoms with van der Waals surface area (Å²) in [5.41, 5.74) is 0.603. The molecule has 0 aliphatic heterocycles. The summed E-state index contributed by atoms with van der Waals surface area (Å²) in [6.07, 6.45) is -0.961. The smallest absolute Gasteiger partial charge is 0.219 e. The monoisotopic (exact) mass is 409 g/mol. The van der Waals surface area contributed by atoms with Gasteiger partial charge in [-0.15, -0.1) is 0 Å². The van der Waals surface area contributed by atoms with Crippen LogP contribution in [0.25, 0.3) is 10.9 Å². The van der Waals surface area contributed by atoms with Crippen molar-refractivity contribution in [1.29, 1.82) is 0 Å². The van der Waals surface area contributed by atoms with Crippen LogP contribution in [0.5, 0.6) is 17.4 Å². The van der Waals surface area contributed by atoms with E-state index in [4.69, 9.17) is 9.47 Å². The van der Waals surface area contributed by atoms with Gasteiger partial charge in [0.15, 0.2) is 11.9 Å². The van der Waals surface area contributed by atoms with Crippen molar-refractivity contribution in [3.63, 3.8) is 0 Å². The van der Waals surface area contributed by atoms with Crippen LogP contribution < -0.4 is 9.47 Å². The van der Waals surface area contributed by atoms with Crippen LogP contribution >= 0.6 is 0 Å². The molecule has 0 aliphatic rings. The van der Waals surface area contributed by atoms with Crippen LogP contribution in [0.1, 0.15) is 20.8 Å². The van der Waals surface area contributed by atoms with Gasteiger partial charge in [0.05, 0.1) is 5.52 Å². The first-order valence-corrected chi connectivity index (χ1v) is 9.30. The van der Waals surface area contributed by atoms with Crippen molar-refractivity contribution < 1.29 is 28.2 Å². The predicted molar refractivity (Wildman–Crippen MR) is 108 cm³/mol. The Labute approximate surface area is 172 Å². The Bertz CT molecular complexity index is 1100. The van der Waals surface area contributed by atoms with Gasteiger partial charge < -0.3 is 9.47 Å². The van der Waals surface area contributed by atoms with Crippen LogP contribution in [0.3, 0.4) is 0 Å². The van der Waals surface area contributed by atoms with Crippen LogP contribution in [0.15, 0.2) is 54.6 Å². The minimum atomic E-state index is -1.31. The molecule has 0 radical (unpaired) electrons. The molecule has 0 spiro atoms. The zero-order chi connectivity index (χ0) is 21.8. The number of carbonyl (C=O) groups excluding carboxylic acids is 3. The Balaban J connectivity index is 1.67. The van der Waals surface area contributed by atoms with Crippen molar-refractivity contribution in [1.82, 2.24) is 4.98 Å². The maximum Gasteiger partial charge on any atom is 0.219 e. The summed E-state index contributed by atoms with van der Waals surface area (Å²) in [5, 5.41) is 0.666. The quantitative estimate of drug-likeness (QED) is 0.516. The maximum absolute atomic E-state index is 13.3. The molecule has 1 heterocycles. The van der Waals surface area contributed by atoms with Gasteiger partial charge in [-0.05, 0) is 69.3 Å². The number of benzene rings is 2. The van der Waals surface area contributed by atoms with Crippen LogP contribution in [-0.2, 0) is 14.4 Å². The van der Waals surface area contributed by atoms with E-state index in [2.05, 4.69) is 4.98 Å². The number of carbonyl (C=O) groups is 3. The van der Waals surface area contributed by atoms with Crippen LogP contribution in [0.2, 0.25) is 0 Å². The molecule has 3 rings (SSSR count). The largest absolute Gasteiger partial charge is 0.483 e. The lowest BCUT2D eigenvalue weighted by Crippen LogP contribution is -2.37. The average molecular weight is 409 g/mol. The number of aromatic nitrogens is 1. The number of ketones is 3. The molecule has 154 valence electrons. The van der Waals surface area contributed by atoms with Gasteiger partial charge in [0.25, 0.3) is 0 Å². The minimum absolute atomic E-state index is 0.334. The predicted octanol–water partition coefficient (Wildman–Crippen LogP) is 4.30. The molecule has 2 aromatic carbocycles. The summed E-state index contributed by atoms with van der Waals surface area (Å²) in [6.45, 7) is 3.91. The molecule has 0 fully saturated rings. The van der Waals surface area contributed by atoms with E-state index in [1.807, 2.05) is 0 Å². The molecule has 0 amide bonds. The van der Waals surface area contributed by atoms with Gasteiger partial charge in [0, 0.05) is 11.5 Å². The second-order valence-electron chi connectivity index (χ2n) is 6.88. The number of nitrogens with zero attached hydrogens (tertiary/aromatic N) is 1. The van der Waals surface area contributed by atoms with Gasteiger partial charge in [0.1, 0.15) is 34.8 Å². The lowest BCUT2D eigenvalue weighted by atomic mass is 9.93. The Hall–Kier alpha value is -3.61. The van der Waals surface area contributed by atoms with E-state index in [1.165, 1.54) is 32.9 Å². The number of hydrogen-bond acceptors (Lipinski definition) is 6. The fraction of sp³-hybridized carbons (Fsp3) is 0.217. The maximum atomic E-state index is 13.3. The first kappa shape index (κ1) is 21.1. The molecule has 0 N–H and O–H groups in total. The van der Waals surface area contributed by atoms with Crippen LogP contribution in [-0.4, -0.2) is 28.4 Å². The van der Waals surface area contributed by atoms with E-state index in [0.717, 1.165) is 0 Å². The molecule has 1 unspecified atom stereocenters. The van der Waals surface area contributed by atoms with E-state index in [-0.39, 0.29) is 5.82 Å². The van der Waals surface area contributed by atoms with Gasteiger partial charge in [0.2, 0.25) is 5.88 Å². The highest BCUT2D eigenvalue weighted by Gasteiger charge is 2.32. The number of pyridine rings is 1. The van der Waals surface area contributed by atoms with Crippen LogP contribution in [0, 0.1) is 11.7 Å². The third-order valence-electron chi connectivity index (χ3n) is 4.48. The standard InChI is InChI=1S/C23H20FNO5/c1-13(26)22(14(2)27)23(28)15(3)29-18-6-8-19(9-7-18)30-21-11-4-16-12-17(24)5-10-20(16)25-21/h4-12,15,22H,1-3H3. The molecule has 1 atom stereocenters. The van der Waals surface area contributed by atoms with E-state index >= 15 is 0 Å². The normalized spacial score (nSPS) is 11.9. The van der Waals surface area contributed by atoms with Crippen molar-refractivity contribution in [3.8, 4) is 17.4 Å². The number of ether oxygens (including phenoxy) is 2. The first-order valence-electron chi connectivity index (χ1n) is 9.30. The zero-order valence-corrected chi connectivity index (χ0v) is 16.7. The van der Waals surface area contributed by atoms with Crippen molar-refractivity contribution >= 4 is 28.3 Å². The molecule has 1 aromatic heterocycles. The number of fused-ring (bicyclic) bond motifs is 1. The highest BCUT2D eigenvalue weighted by atomic mass is 19.1. The summed E-state index contributed by atoms with van der Waals surface area (Å²) in [7, 11) is 0. The van der Waals surface area contributed by atoms with Crippen molar-refractivity contribution in [2.24, 2.45) is 5.92 Å². The number of hydrogen-bond donors (Lipinski definition) is 0. The lowest BCUT2D eigenvalue weighted by Gasteiger charge is -2.17. The molecular formula is C23H20FNO5. The topological polar surface area (TPSA) is 82.6 Å². The van der Waals surface area contributed by atoms with E-state index in [1.54, 1.807) is 42.5 Å². The lowest BCUT2D eigenvalue weighted by molar-refractivity contribution is -0.141. The van der Waals surface area contributed by atoms with Gasteiger partial charge >= 0.3 is 0 Å². The Morgan fingerprint density at radius 3 is 2.17 bits per heavy atom. The van der Waals surface area contributed by atoms with Crippen molar-refractivity contribution in [2.75, 3.05) is 0 Å². The number of Topliss-reactive ketones (excluding diaryl/α,β-unsaturated/α-hetero) is 3. The van der Waals surface area contributed by atoms with Gasteiger partial charge in [-0.25, -0.2) is 9.37 Å². The average Bonchev–Trinajstić information content (AvgIpc) is 2.69. The number of halogens is 1. The van der Waals surface area contributed by atoms with Gasteiger partial charge in [-0.3, -0.25) is 14.4 Å². The molecule has 0 saturated heterocycles. The molecule has 0 bridgehead atoms. The summed E-state index contributed by atoms with van der Waals surface area (Å²) in [4.78, 5) is 39.8. The minimum Gasteiger partial charge on any atom is -0.483 e. The SMILES string of the molecule is CC(=O)C(C(C)=O)C(=O)C(C)Oc1ccc(Oc2ccc3cc(F)ccc3n2)cc1.